The second-order valence-electron chi connectivity index (χ2n) is 10.1. The average Bonchev–Trinajstić information content (AvgIpc) is 3.80. The SMILES string of the molecule is N#Cc1c(-c2ccc(C(=O)N3CCOCC3)cc2)c(N)nc2ccc(-c3cnc(N)c(S(=O)(=O)NC4CC4)c3)cc12. The van der Waals surface area contributed by atoms with Crippen LogP contribution in [0, 0.1) is 11.3 Å². The third-order valence-corrected chi connectivity index (χ3v) is 8.80. The Labute approximate surface area is 236 Å². The maximum atomic E-state index is 12.9. The van der Waals surface area contributed by atoms with Crippen molar-refractivity contribution in [2.45, 2.75) is 23.8 Å². The van der Waals surface area contributed by atoms with Gasteiger partial charge in [-0.3, -0.25) is 4.79 Å². The number of benzene rings is 2. The summed E-state index contributed by atoms with van der Waals surface area (Å²) in [5.41, 5.74) is 15.9. The Morgan fingerprint density at radius 1 is 1.00 bits per heavy atom. The molecule has 4 aromatic rings. The smallest absolute Gasteiger partial charge is 0.254 e. The van der Waals surface area contributed by atoms with E-state index in [1.54, 1.807) is 47.4 Å². The van der Waals surface area contributed by atoms with Crippen LogP contribution in [0.25, 0.3) is 33.2 Å². The molecular formula is C29H27N7O4S. The van der Waals surface area contributed by atoms with Gasteiger partial charge in [0.25, 0.3) is 5.91 Å². The monoisotopic (exact) mass is 569 g/mol. The molecule has 0 unspecified atom stereocenters. The van der Waals surface area contributed by atoms with E-state index in [0.29, 0.717) is 70.6 Å². The fourth-order valence-corrected chi connectivity index (χ4v) is 6.32. The molecular weight excluding hydrogens is 542 g/mol. The largest absolute Gasteiger partial charge is 0.383 e. The molecule has 0 atom stereocenters. The fraction of sp³-hybridized carbons (Fsp3) is 0.241. The first-order valence-electron chi connectivity index (χ1n) is 13.1. The summed E-state index contributed by atoms with van der Waals surface area (Å²) in [6.07, 6.45) is 3.08. The molecule has 12 heteroatoms. The Balaban J connectivity index is 1.39. The zero-order valence-electron chi connectivity index (χ0n) is 22.0. The number of nitrogen functional groups attached to an aromatic ring is 2. The Kier molecular flexibility index (Phi) is 6.78. The number of pyridine rings is 2. The summed E-state index contributed by atoms with van der Waals surface area (Å²) in [4.78, 5) is 23.2. The average molecular weight is 570 g/mol. The second-order valence-corrected chi connectivity index (χ2v) is 11.8. The van der Waals surface area contributed by atoms with Gasteiger partial charge in [-0.1, -0.05) is 18.2 Å². The molecule has 0 spiro atoms. The number of nitriles is 1. The van der Waals surface area contributed by atoms with Crippen LogP contribution < -0.4 is 16.2 Å². The lowest BCUT2D eigenvalue weighted by molar-refractivity contribution is 0.0303. The van der Waals surface area contributed by atoms with E-state index in [0.717, 1.165) is 12.8 Å². The van der Waals surface area contributed by atoms with Crippen molar-refractivity contribution < 1.29 is 17.9 Å². The highest BCUT2D eigenvalue weighted by Crippen LogP contribution is 2.36. The maximum absolute atomic E-state index is 12.9. The van der Waals surface area contributed by atoms with Crippen LogP contribution in [0.5, 0.6) is 0 Å². The summed E-state index contributed by atoms with van der Waals surface area (Å²) in [5.74, 6) is 0.0100. The van der Waals surface area contributed by atoms with Crippen molar-refractivity contribution in [1.82, 2.24) is 19.6 Å². The molecule has 0 radical (unpaired) electrons. The number of carbonyl (C=O) groups excluding carboxylic acids is 1. The minimum atomic E-state index is -3.83. The van der Waals surface area contributed by atoms with Crippen LogP contribution in [-0.4, -0.2) is 61.5 Å². The number of ether oxygens (including phenoxy) is 1. The molecule has 1 saturated carbocycles. The number of nitrogens with one attached hydrogen (secondary N) is 1. The zero-order valence-corrected chi connectivity index (χ0v) is 22.8. The van der Waals surface area contributed by atoms with E-state index in [1.807, 2.05) is 0 Å². The topological polar surface area (TPSA) is 177 Å². The van der Waals surface area contributed by atoms with Crippen LogP contribution in [0.2, 0.25) is 0 Å². The van der Waals surface area contributed by atoms with Crippen molar-refractivity contribution in [3.05, 3.63) is 65.9 Å². The van der Waals surface area contributed by atoms with Gasteiger partial charge in [0.1, 0.15) is 22.6 Å². The van der Waals surface area contributed by atoms with Gasteiger partial charge in [0.2, 0.25) is 10.0 Å². The molecule has 11 nitrogen and oxygen atoms in total. The summed E-state index contributed by atoms with van der Waals surface area (Å²) in [5, 5.41) is 10.8. The number of aromatic nitrogens is 2. The molecule has 6 rings (SSSR count). The minimum Gasteiger partial charge on any atom is -0.383 e. The van der Waals surface area contributed by atoms with Crippen molar-refractivity contribution in [2.24, 2.45) is 0 Å². The van der Waals surface area contributed by atoms with Crippen LogP contribution >= 0.6 is 0 Å². The van der Waals surface area contributed by atoms with Gasteiger partial charge in [-0.05, 0) is 54.3 Å². The number of anilines is 2. The van der Waals surface area contributed by atoms with Crippen LogP contribution in [-0.2, 0) is 14.8 Å². The minimum absolute atomic E-state index is 0.0802. The highest BCUT2D eigenvalue weighted by atomic mass is 32.2. The third kappa shape index (κ3) is 5.18. The molecule has 1 aliphatic carbocycles. The highest BCUT2D eigenvalue weighted by Gasteiger charge is 2.30. The Morgan fingerprint density at radius 2 is 1.71 bits per heavy atom. The molecule has 2 fully saturated rings. The van der Waals surface area contributed by atoms with Crippen molar-refractivity contribution in [3.63, 3.8) is 0 Å². The molecule has 41 heavy (non-hydrogen) atoms. The first-order chi connectivity index (χ1) is 19.7. The quantitative estimate of drug-likeness (QED) is 0.315. The lowest BCUT2D eigenvalue weighted by atomic mass is 9.94. The number of amides is 1. The van der Waals surface area contributed by atoms with E-state index in [4.69, 9.17) is 16.2 Å². The number of fused-ring (bicyclic) bond motifs is 1. The first kappa shape index (κ1) is 26.6. The lowest BCUT2D eigenvalue weighted by Gasteiger charge is -2.26. The standard InChI is InChI=1S/C29H27N7O4S/c30-15-23-22-13-19(20-14-25(27(31)33-16-20)41(38,39)35-21-6-7-21)5-8-24(22)34-28(32)26(23)17-1-3-18(4-2-17)29(37)36-9-11-40-12-10-36/h1-5,8,13-14,16,21,35H,6-7,9-12H2,(H2,31,33)(H2,32,34). The van der Waals surface area contributed by atoms with Crippen LogP contribution in [0.1, 0.15) is 28.8 Å². The lowest BCUT2D eigenvalue weighted by Crippen LogP contribution is -2.40. The van der Waals surface area contributed by atoms with Gasteiger partial charge in [-0.2, -0.15) is 5.26 Å². The molecule has 208 valence electrons. The van der Waals surface area contributed by atoms with Crippen LogP contribution in [0.3, 0.4) is 0 Å². The highest BCUT2D eigenvalue weighted by molar-refractivity contribution is 7.89. The van der Waals surface area contributed by atoms with Gasteiger partial charge in [0, 0.05) is 47.4 Å². The predicted molar refractivity (Wildman–Crippen MR) is 154 cm³/mol. The molecule has 2 aliphatic rings. The van der Waals surface area contributed by atoms with E-state index in [9.17, 15) is 18.5 Å². The Bertz CT molecular complexity index is 1830. The maximum Gasteiger partial charge on any atom is 0.254 e. The number of morpholine rings is 1. The molecule has 2 aromatic carbocycles. The van der Waals surface area contributed by atoms with Gasteiger partial charge in [0.15, 0.2) is 0 Å². The van der Waals surface area contributed by atoms with Gasteiger partial charge >= 0.3 is 0 Å². The van der Waals surface area contributed by atoms with E-state index in [-0.39, 0.29) is 28.5 Å². The third-order valence-electron chi connectivity index (χ3n) is 7.25. The number of carbonyl (C=O) groups is 1. The summed E-state index contributed by atoms with van der Waals surface area (Å²) in [6.45, 7) is 2.10. The Morgan fingerprint density at radius 3 is 2.39 bits per heavy atom. The summed E-state index contributed by atoms with van der Waals surface area (Å²) < 4.78 is 33.7. The van der Waals surface area contributed by atoms with E-state index in [2.05, 4.69) is 20.8 Å². The van der Waals surface area contributed by atoms with Crippen LogP contribution in [0.4, 0.5) is 11.6 Å². The molecule has 3 heterocycles. The second kappa shape index (κ2) is 10.4. The molecule has 2 aromatic heterocycles. The van der Waals surface area contributed by atoms with Gasteiger partial charge < -0.3 is 21.1 Å². The molecule has 1 saturated heterocycles. The Hall–Kier alpha value is -4.57. The molecule has 0 bridgehead atoms. The van der Waals surface area contributed by atoms with Crippen molar-refractivity contribution in [3.8, 4) is 28.3 Å². The predicted octanol–water partition coefficient (Wildman–Crippen LogP) is 2.91. The number of hydrogen-bond acceptors (Lipinski definition) is 9. The van der Waals surface area contributed by atoms with Gasteiger partial charge in [-0.25, -0.2) is 23.1 Å². The molecule has 1 amide bonds. The number of rotatable bonds is 6. The normalized spacial score (nSPS) is 15.5. The molecule has 1 aliphatic heterocycles. The fourth-order valence-electron chi connectivity index (χ4n) is 4.91. The van der Waals surface area contributed by atoms with Crippen LogP contribution in [0.15, 0.2) is 59.6 Å². The van der Waals surface area contributed by atoms with E-state index in [1.165, 1.54) is 12.3 Å². The van der Waals surface area contributed by atoms with E-state index >= 15 is 0 Å². The number of nitrogens with two attached hydrogens (primary N) is 2. The molecule has 5 N–H and O–H groups in total. The number of nitrogens with zero attached hydrogens (tertiary/aromatic N) is 4. The summed E-state index contributed by atoms with van der Waals surface area (Å²) in [7, 11) is -3.83. The van der Waals surface area contributed by atoms with Gasteiger partial charge in [0.05, 0.1) is 24.3 Å². The van der Waals surface area contributed by atoms with Crippen molar-refractivity contribution >= 4 is 38.5 Å². The summed E-state index contributed by atoms with van der Waals surface area (Å²) >= 11 is 0. The zero-order chi connectivity index (χ0) is 28.7. The number of hydrogen-bond donors (Lipinski definition) is 3. The van der Waals surface area contributed by atoms with Crippen molar-refractivity contribution in [1.29, 1.82) is 5.26 Å². The summed E-state index contributed by atoms with van der Waals surface area (Å²) in [6, 6.07) is 15.9. The van der Waals surface area contributed by atoms with E-state index < -0.39 is 10.0 Å². The van der Waals surface area contributed by atoms with Gasteiger partial charge in [-0.15, -0.1) is 0 Å². The number of sulfonamides is 1. The first-order valence-corrected chi connectivity index (χ1v) is 14.6. The van der Waals surface area contributed by atoms with Crippen molar-refractivity contribution in [2.75, 3.05) is 37.8 Å².